The molecule has 0 saturated carbocycles. The second-order valence-corrected chi connectivity index (χ2v) is 5.15. The summed E-state index contributed by atoms with van der Waals surface area (Å²) in [6.07, 6.45) is 4.45. The highest BCUT2D eigenvalue weighted by Gasteiger charge is 2.19. The van der Waals surface area contributed by atoms with Crippen LogP contribution in [0.5, 0.6) is 0 Å². The molecule has 2 aromatic heterocycles. The Morgan fingerprint density at radius 1 is 1.44 bits per heavy atom. The molecule has 0 amide bonds. The van der Waals surface area contributed by atoms with Crippen LogP contribution in [0.1, 0.15) is 36.5 Å². The Bertz CT molecular complexity index is 589. The summed E-state index contributed by atoms with van der Waals surface area (Å²) in [7, 11) is 0. The molecule has 0 aromatic carbocycles. The monoisotopic (exact) mass is 260 g/mol. The Morgan fingerprint density at radius 3 is 2.83 bits per heavy atom. The second kappa shape index (κ2) is 5.28. The number of nitrogens with two attached hydrogens (primary N) is 1. The van der Waals surface area contributed by atoms with Crippen LogP contribution >= 0.6 is 11.3 Å². The minimum Gasteiger partial charge on any atom is -0.469 e. The van der Waals surface area contributed by atoms with Gasteiger partial charge in [0, 0.05) is 16.9 Å². The number of hydrogen-bond donors (Lipinski definition) is 1. The molecule has 3 nitrogen and oxygen atoms in total. The van der Waals surface area contributed by atoms with Crippen LogP contribution in [0.4, 0.5) is 5.69 Å². The normalized spacial score (nSPS) is 10.5. The molecule has 4 heteroatoms. The van der Waals surface area contributed by atoms with Crippen molar-refractivity contribution in [3.8, 4) is 16.5 Å². The highest BCUT2D eigenvalue weighted by molar-refractivity contribution is 7.16. The van der Waals surface area contributed by atoms with Crippen LogP contribution in [0.2, 0.25) is 0 Å². The van der Waals surface area contributed by atoms with Crippen LogP contribution in [0.3, 0.4) is 0 Å². The lowest BCUT2D eigenvalue weighted by molar-refractivity contribution is 0.517. The maximum atomic E-state index is 9.11. The zero-order chi connectivity index (χ0) is 13.1. The van der Waals surface area contributed by atoms with Crippen LogP contribution in [-0.2, 0) is 12.8 Å². The van der Waals surface area contributed by atoms with Crippen molar-refractivity contribution in [2.24, 2.45) is 0 Å². The van der Waals surface area contributed by atoms with E-state index < -0.39 is 0 Å². The Labute approximate surface area is 111 Å². The standard InChI is InChI=1S/C14H16N2OS/c1-3-5-10-13(16)12(8-15)18-14(10)9-6-7-17-11(9)4-2/h6-7H,3-5,16H2,1-2H3. The van der Waals surface area contributed by atoms with Crippen molar-refractivity contribution < 1.29 is 4.42 Å². The van der Waals surface area contributed by atoms with E-state index in [-0.39, 0.29) is 0 Å². The topological polar surface area (TPSA) is 63.0 Å². The highest BCUT2D eigenvalue weighted by atomic mass is 32.1. The van der Waals surface area contributed by atoms with E-state index in [1.54, 1.807) is 6.26 Å². The first-order chi connectivity index (χ1) is 8.72. The van der Waals surface area contributed by atoms with Gasteiger partial charge in [-0.2, -0.15) is 5.26 Å². The van der Waals surface area contributed by atoms with E-state index in [9.17, 15) is 0 Å². The van der Waals surface area contributed by atoms with Gasteiger partial charge in [-0.1, -0.05) is 20.3 Å². The van der Waals surface area contributed by atoms with Gasteiger partial charge in [-0.15, -0.1) is 11.3 Å². The molecule has 2 heterocycles. The van der Waals surface area contributed by atoms with Gasteiger partial charge in [0.25, 0.3) is 0 Å². The van der Waals surface area contributed by atoms with E-state index in [4.69, 9.17) is 15.4 Å². The van der Waals surface area contributed by atoms with E-state index in [1.807, 2.05) is 6.07 Å². The zero-order valence-electron chi connectivity index (χ0n) is 10.6. The van der Waals surface area contributed by atoms with Crippen LogP contribution < -0.4 is 5.73 Å². The summed E-state index contributed by atoms with van der Waals surface area (Å²) in [6.45, 7) is 4.17. The number of furan rings is 1. The van der Waals surface area contributed by atoms with Gasteiger partial charge in [-0.25, -0.2) is 0 Å². The lowest BCUT2D eigenvalue weighted by atomic mass is 10.0. The molecule has 0 radical (unpaired) electrons. The molecule has 0 spiro atoms. The molecule has 18 heavy (non-hydrogen) atoms. The van der Waals surface area contributed by atoms with Gasteiger partial charge in [0.15, 0.2) is 0 Å². The molecule has 2 N–H and O–H groups in total. The Morgan fingerprint density at radius 2 is 2.22 bits per heavy atom. The number of aryl methyl sites for hydroxylation is 1. The van der Waals surface area contributed by atoms with Crippen LogP contribution in [0.15, 0.2) is 16.7 Å². The van der Waals surface area contributed by atoms with Gasteiger partial charge in [-0.05, 0) is 18.1 Å². The SMILES string of the molecule is CCCc1c(-c2ccoc2CC)sc(C#N)c1N. The van der Waals surface area contributed by atoms with Crippen LogP contribution in [0.25, 0.3) is 10.4 Å². The molecule has 0 atom stereocenters. The molecule has 0 saturated heterocycles. The largest absolute Gasteiger partial charge is 0.469 e. The minimum absolute atomic E-state index is 0.608. The smallest absolute Gasteiger partial charge is 0.128 e. The average Bonchev–Trinajstić information content (AvgIpc) is 2.95. The lowest BCUT2D eigenvalue weighted by Gasteiger charge is -2.03. The maximum Gasteiger partial charge on any atom is 0.128 e. The fourth-order valence-electron chi connectivity index (χ4n) is 2.09. The summed E-state index contributed by atoms with van der Waals surface area (Å²) >= 11 is 1.47. The first kappa shape index (κ1) is 12.7. The first-order valence-corrected chi connectivity index (χ1v) is 6.92. The van der Waals surface area contributed by atoms with E-state index in [2.05, 4.69) is 19.9 Å². The van der Waals surface area contributed by atoms with Crippen molar-refractivity contribution in [2.75, 3.05) is 5.73 Å². The fourth-order valence-corrected chi connectivity index (χ4v) is 3.20. The van der Waals surface area contributed by atoms with Gasteiger partial charge < -0.3 is 10.2 Å². The molecule has 94 valence electrons. The minimum atomic E-state index is 0.608. The predicted octanol–water partition coefficient (Wildman–Crippen LogP) is 3.98. The third-order valence-electron chi connectivity index (χ3n) is 2.96. The quantitative estimate of drug-likeness (QED) is 0.904. The number of thiophene rings is 1. The molecule has 0 unspecified atom stereocenters. The summed E-state index contributed by atoms with van der Waals surface area (Å²) in [4.78, 5) is 1.70. The number of nitrogens with zero attached hydrogens (tertiary/aromatic N) is 1. The summed E-state index contributed by atoms with van der Waals surface area (Å²) in [5.41, 5.74) is 8.87. The molecule has 2 rings (SSSR count). The number of nitriles is 1. The van der Waals surface area contributed by atoms with Crippen LogP contribution in [-0.4, -0.2) is 0 Å². The number of nitrogen functional groups attached to an aromatic ring is 1. The number of hydrogen-bond acceptors (Lipinski definition) is 4. The molecular weight excluding hydrogens is 244 g/mol. The Kier molecular flexibility index (Phi) is 3.73. The maximum absolute atomic E-state index is 9.11. The van der Waals surface area contributed by atoms with Crippen molar-refractivity contribution in [3.05, 3.63) is 28.5 Å². The fraction of sp³-hybridized carbons (Fsp3) is 0.357. The molecule has 2 aromatic rings. The third kappa shape index (κ3) is 2.02. The van der Waals surface area contributed by atoms with Gasteiger partial charge in [0.1, 0.15) is 16.7 Å². The number of rotatable bonds is 4. The molecular formula is C14H16N2OS. The molecule has 0 aliphatic rings. The van der Waals surface area contributed by atoms with E-state index in [0.717, 1.165) is 41.0 Å². The van der Waals surface area contributed by atoms with Crippen molar-refractivity contribution in [3.63, 3.8) is 0 Å². The van der Waals surface area contributed by atoms with Crippen LogP contribution in [0, 0.1) is 11.3 Å². The van der Waals surface area contributed by atoms with Crippen molar-refractivity contribution in [1.29, 1.82) is 5.26 Å². The van der Waals surface area contributed by atoms with E-state index >= 15 is 0 Å². The molecule has 0 aliphatic heterocycles. The predicted molar refractivity (Wildman–Crippen MR) is 74.5 cm³/mol. The summed E-state index contributed by atoms with van der Waals surface area (Å²) in [6, 6.07) is 4.14. The summed E-state index contributed by atoms with van der Waals surface area (Å²) < 4.78 is 5.47. The van der Waals surface area contributed by atoms with Gasteiger partial charge in [0.05, 0.1) is 12.0 Å². The van der Waals surface area contributed by atoms with Crippen molar-refractivity contribution >= 4 is 17.0 Å². The highest BCUT2D eigenvalue weighted by Crippen LogP contribution is 2.40. The average molecular weight is 260 g/mol. The Balaban J connectivity index is 2.60. The number of anilines is 1. The molecule has 0 fully saturated rings. The summed E-state index contributed by atoms with van der Waals surface area (Å²) in [5.74, 6) is 0.957. The third-order valence-corrected chi connectivity index (χ3v) is 4.15. The molecule has 0 bridgehead atoms. The lowest BCUT2D eigenvalue weighted by Crippen LogP contribution is -1.93. The van der Waals surface area contributed by atoms with Crippen molar-refractivity contribution in [1.82, 2.24) is 0 Å². The second-order valence-electron chi connectivity index (χ2n) is 4.13. The van der Waals surface area contributed by atoms with Gasteiger partial charge in [0.2, 0.25) is 0 Å². The van der Waals surface area contributed by atoms with Gasteiger partial charge >= 0.3 is 0 Å². The van der Waals surface area contributed by atoms with Crippen molar-refractivity contribution in [2.45, 2.75) is 33.1 Å². The zero-order valence-corrected chi connectivity index (χ0v) is 11.4. The van der Waals surface area contributed by atoms with Gasteiger partial charge in [-0.3, -0.25) is 0 Å². The van der Waals surface area contributed by atoms with E-state index in [0.29, 0.717) is 10.6 Å². The summed E-state index contributed by atoms with van der Waals surface area (Å²) in [5, 5.41) is 9.11. The Hall–Kier alpha value is -1.73. The first-order valence-electron chi connectivity index (χ1n) is 6.10. The van der Waals surface area contributed by atoms with E-state index in [1.165, 1.54) is 11.3 Å². The molecule has 0 aliphatic carbocycles.